The highest BCUT2D eigenvalue weighted by atomic mass is 35.5. The van der Waals surface area contributed by atoms with Gasteiger partial charge < -0.3 is 20.4 Å². The van der Waals surface area contributed by atoms with Gasteiger partial charge in [-0.15, -0.1) is 0 Å². The summed E-state index contributed by atoms with van der Waals surface area (Å²) < 4.78 is 67.9. The molecule has 0 spiro atoms. The van der Waals surface area contributed by atoms with Crippen molar-refractivity contribution in [2.75, 3.05) is 42.7 Å². The van der Waals surface area contributed by atoms with E-state index >= 15 is 0 Å². The normalized spacial score (nSPS) is 16.3. The molecule has 0 aliphatic carbocycles. The van der Waals surface area contributed by atoms with Gasteiger partial charge in [-0.1, -0.05) is 23.7 Å². The number of para-hydroxylation sites is 1. The monoisotopic (exact) mass is 582 g/mol. The van der Waals surface area contributed by atoms with Crippen molar-refractivity contribution in [2.24, 2.45) is 0 Å². The zero-order valence-corrected chi connectivity index (χ0v) is 23.5. The molecule has 3 aromatic rings. The third-order valence-corrected chi connectivity index (χ3v) is 9.11. The second-order valence-corrected chi connectivity index (χ2v) is 12.7. The molecule has 2 heterocycles. The maximum absolute atomic E-state index is 14.1. The van der Waals surface area contributed by atoms with Crippen LogP contribution in [0.5, 0.6) is 0 Å². The highest BCUT2D eigenvalue weighted by molar-refractivity contribution is 7.92. The molecule has 1 fully saturated rings. The average Bonchev–Trinajstić information content (AvgIpc) is 3.37. The molecule has 1 saturated heterocycles. The summed E-state index contributed by atoms with van der Waals surface area (Å²) in [5.41, 5.74) is -0.348. The Hall–Kier alpha value is -3.09. The predicted octanol–water partition coefficient (Wildman–Crippen LogP) is 5.96. The summed E-state index contributed by atoms with van der Waals surface area (Å²) in [6.45, 7) is 4.44. The van der Waals surface area contributed by atoms with Gasteiger partial charge in [-0.05, 0) is 64.7 Å². The van der Waals surface area contributed by atoms with E-state index < -0.39 is 26.8 Å². The first-order valence-electron chi connectivity index (χ1n) is 12.3. The third-order valence-electron chi connectivity index (χ3n) is 6.63. The fourth-order valence-electron chi connectivity index (χ4n) is 4.31. The van der Waals surface area contributed by atoms with Crippen LogP contribution in [0.1, 0.15) is 25.8 Å². The average molecular weight is 583 g/mol. The van der Waals surface area contributed by atoms with E-state index in [1.54, 1.807) is 38.1 Å². The highest BCUT2D eigenvalue weighted by Gasteiger charge is 2.35. The molecular formula is C26H30ClF3N6O2S. The molecule has 13 heteroatoms. The van der Waals surface area contributed by atoms with E-state index in [2.05, 4.69) is 25.5 Å². The van der Waals surface area contributed by atoms with E-state index in [1.807, 2.05) is 19.0 Å². The summed E-state index contributed by atoms with van der Waals surface area (Å²) in [6, 6.07) is 10.7. The number of alkyl halides is 3. The van der Waals surface area contributed by atoms with E-state index in [0.29, 0.717) is 18.8 Å². The maximum Gasteiger partial charge on any atom is 0.418 e. The van der Waals surface area contributed by atoms with Crippen LogP contribution in [0.2, 0.25) is 5.02 Å². The number of nitrogens with zero attached hydrogens (tertiary/aromatic N) is 4. The number of halogens is 4. The zero-order chi connectivity index (χ0) is 28.5. The number of sulfone groups is 1. The quantitative estimate of drug-likeness (QED) is 0.336. The first kappa shape index (κ1) is 28.9. The van der Waals surface area contributed by atoms with Crippen LogP contribution < -0.4 is 15.5 Å². The van der Waals surface area contributed by atoms with Crippen molar-refractivity contribution in [3.8, 4) is 0 Å². The van der Waals surface area contributed by atoms with E-state index in [4.69, 9.17) is 11.6 Å². The molecule has 0 saturated carbocycles. The van der Waals surface area contributed by atoms with Gasteiger partial charge in [0.1, 0.15) is 5.02 Å². The molecule has 4 rings (SSSR count). The van der Waals surface area contributed by atoms with Crippen LogP contribution >= 0.6 is 11.6 Å². The van der Waals surface area contributed by atoms with Gasteiger partial charge in [0.2, 0.25) is 5.95 Å². The van der Waals surface area contributed by atoms with Gasteiger partial charge in [0.25, 0.3) is 0 Å². The van der Waals surface area contributed by atoms with Gasteiger partial charge in [0.15, 0.2) is 15.7 Å². The lowest BCUT2D eigenvalue weighted by molar-refractivity contribution is -0.136. The fourth-order valence-corrected chi connectivity index (χ4v) is 5.65. The molecule has 1 aliphatic heterocycles. The van der Waals surface area contributed by atoms with Gasteiger partial charge in [-0.25, -0.2) is 13.4 Å². The Morgan fingerprint density at radius 3 is 2.46 bits per heavy atom. The largest absolute Gasteiger partial charge is 0.418 e. The van der Waals surface area contributed by atoms with Crippen LogP contribution in [0.25, 0.3) is 0 Å². The van der Waals surface area contributed by atoms with Crippen LogP contribution in [0.4, 0.5) is 42.0 Å². The molecule has 8 nitrogen and oxygen atoms in total. The second kappa shape index (κ2) is 11.2. The summed E-state index contributed by atoms with van der Waals surface area (Å²) in [6.07, 6.45) is -2.53. The van der Waals surface area contributed by atoms with E-state index in [9.17, 15) is 21.6 Å². The Bertz CT molecular complexity index is 1450. The molecule has 1 atom stereocenters. The Balaban J connectivity index is 1.63. The number of likely N-dealkylation sites (N-methyl/N-ethyl adjacent to an activating group) is 1. The lowest BCUT2D eigenvalue weighted by atomic mass is 10.1. The molecule has 1 aliphatic rings. The molecule has 0 radical (unpaired) electrons. The fraction of sp³-hybridized carbons (Fsp3) is 0.385. The van der Waals surface area contributed by atoms with Crippen molar-refractivity contribution in [3.05, 3.63) is 59.2 Å². The van der Waals surface area contributed by atoms with Crippen molar-refractivity contribution in [3.63, 3.8) is 0 Å². The smallest absolute Gasteiger partial charge is 0.370 e. The molecule has 0 amide bonds. The third kappa shape index (κ3) is 6.39. The zero-order valence-electron chi connectivity index (χ0n) is 21.9. The topological polar surface area (TPSA) is 90.5 Å². The lowest BCUT2D eigenvalue weighted by Gasteiger charge is -2.23. The minimum absolute atomic E-state index is 0.0394. The maximum atomic E-state index is 14.1. The molecule has 0 unspecified atom stereocenters. The molecule has 2 aromatic carbocycles. The summed E-state index contributed by atoms with van der Waals surface area (Å²) in [5.74, 6) is -0.101. The van der Waals surface area contributed by atoms with Crippen molar-refractivity contribution >= 4 is 50.3 Å². The Morgan fingerprint density at radius 1 is 1.10 bits per heavy atom. The summed E-state index contributed by atoms with van der Waals surface area (Å²) in [7, 11) is 0.279. The van der Waals surface area contributed by atoms with Gasteiger partial charge in [0.05, 0.1) is 33.3 Å². The van der Waals surface area contributed by atoms with Crippen LogP contribution in [0.15, 0.2) is 53.6 Å². The number of aromatic nitrogens is 2. The summed E-state index contributed by atoms with van der Waals surface area (Å²) in [4.78, 5) is 12.3. The van der Waals surface area contributed by atoms with E-state index in [1.165, 1.54) is 18.3 Å². The van der Waals surface area contributed by atoms with Crippen LogP contribution in [0, 0.1) is 0 Å². The Labute approximate surface area is 231 Å². The predicted molar refractivity (Wildman–Crippen MR) is 148 cm³/mol. The highest BCUT2D eigenvalue weighted by Crippen LogP contribution is 2.39. The van der Waals surface area contributed by atoms with Crippen LogP contribution in [0.3, 0.4) is 0 Å². The van der Waals surface area contributed by atoms with Crippen LogP contribution in [-0.4, -0.2) is 61.8 Å². The first-order chi connectivity index (χ1) is 18.3. The lowest BCUT2D eigenvalue weighted by Crippen LogP contribution is -2.31. The summed E-state index contributed by atoms with van der Waals surface area (Å²) >= 11 is 6.26. The van der Waals surface area contributed by atoms with Crippen molar-refractivity contribution in [2.45, 2.75) is 42.6 Å². The number of nitrogens with one attached hydrogen (secondary N) is 2. The SMILES string of the molecule is CC(C)S(=O)(=O)c1ccccc1Nc1nc(Nc2ccc(N3CC[C@H](N(C)C)C3)cc2C(F)(F)F)ncc1Cl. The number of hydrogen-bond acceptors (Lipinski definition) is 8. The number of rotatable bonds is 8. The van der Waals surface area contributed by atoms with Gasteiger partial charge in [-0.2, -0.15) is 18.2 Å². The van der Waals surface area contributed by atoms with Crippen LogP contribution in [-0.2, 0) is 16.0 Å². The molecule has 210 valence electrons. The number of anilines is 5. The Morgan fingerprint density at radius 2 is 1.82 bits per heavy atom. The molecular weight excluding hydrogens is 553 g/mol. The van der Waals surface area contributed by atoms with Crippen molar-refractivity contribution in [1.82, 2.24) is 14.9 Å². The van der Waals surface area contributed by atoms with Gasteiger partial charge >= 0.3 is 6.18 Å². The number of hydrogen-bond donors (Lipinski definition) is 2. The van der Waals surface area contributed by atoms with E-state index in [0.717, 1.165) is 12.5 Å². The van der Waals surface area contributed by atoms with Crippen molar-refractivity contribution < 1.29 is 21.6 Å². The molecule has 1 aromatic heterocycles. The minimum atomic E-state index is -4.63. The minimum Gasteiger partial charge on any atom is -0.370 e. The second-order valence-electron chi connectivity index (χ2n) is 9.81. The van der Waals surface area contributed by atoms with Gasteiger partial charge in [-0.3, -0.25) is 0 Å². The first-order valence-corrected chi connectivity index (χ1v) is 14.2. The standard InChI is InChI=1S/C26H30ClF3N6O2S/c1-16(2)39(37,38)23-8-6-5-7-22(23)32-24-20(27)14-31-25(34-24)33-21-10-9-17(13-19(21)26(28,29)30)36-12-11-18(15-36)35(3)4/h5-10,13-14,16,18H,11-12,15H2,1-4H3,(H2,31,32,33,34)/t18-/m0/s1. The van der Waals surface area contributed by atoms with Crippen molar-refractivity contribution in [1.29, 1.82) is 0 Å². The number of benzene rings is 2. The van der Waals surface area contributed by atoms with Gasteiger partial charge in [0, 0.05) is 24.8 Å². The molecule has 2 N–H and O–H groups in total. The Kier molecular flexibility index (Phi) is 8.29. The molecule has 0 bridgehead atoms. The molecule has 39 heavy (non-hydrogen) atoms. The summed E-state index contributed by atoms with van der Waals surface area (Å²) in [5, 5.41) is 4.94. The van der Waals surface area contributed by atoms with E-state index in [-0.39, 0.29) is 39.1 Å².